The van der Waals surface area contributed by atoms with Crippen LogP contribution >= 0.6 is 0 Å². The Hall–Kier alpha value is -4.10. The lowest BCUT2D eigenvalue weighted by Crippen LogP contribution is -2.52. The molecule has 1 aromatic heterocycles. The fourth-order valence-electron chi connectivity index (χ4n) is 5.87. The number of alkyl carbamates (subject to hydrolysis) is 1. The molecule has 0 saturated heterocycles. The van der Waals surface area contributed by atoms with Crippen LogP contribution in [-0.4, -0.2) is 42.8 Å². The van der Waals surface area contributed by atoms with Crippen molar-refractivity contribution in [2.24, 2.45) is 0 Å². The summed E-state index contributed by atoms with van der Waals surface area (Å²) in [5, 5.41) is 7.44. The Balaban J connectivity index is 1.20. The molecule has 7 heteroatoms. The van der Waals surface area contributed by atoms with Gasteiger partial charge in [0.15, 0.2) is 0 Å². The summed E-state index contributed by atoms with van der Waals surface area (Å²) in [5.41, 5.74) is 7.74. The summed E-state index contributed by atoms with van der Waals surface area (Å²) in [6.45, 7) is 2.15. The highest BCUT2D eigenvalue weighted by molar-refractivity contribution is 5.87. The molecular formula is C30H29N3O4. The third kappa shape index (κ3) is 4.05. The fraction of sp³-hybridized carbons (Fsp3) is 0.267. The zero-order chi connectivity index (χ0) is 25.5. The first kappa shape index (κ1) is 23.3. The average Bonchev–Trinajstić information content (AvgIpc) is 3.46. The summed E-state index contributed by atoms with van der Waals surface area (Å²) >= 11 is 0. The van der Waals surface area contributed by atoms with Crippen LogP contribution in [0.2, 0.25) is 0 Å². The highest BCUT2D eigenvalue weighted by Crippen LogP contribution is 2.44. The number of para-hydroxylation sites is 1. The molecule has 0 radical (unpaired) electrons. The first-order valence-electron chi connectivity index (χ1n) is 12.6. The van der Waals surface area contributed by atoms with Crippen molar-refractivity contribution in [2.75, 3.05) is 13.7 Å². The maximum absolute atomic E-state index is 13.0. The standard InChI is InChI=1S/C30H29N3O4/c1-17(27-28-23(15-26(33-27)29(34)36-2)22-13-7-8-14-25(22)32-28)31-30(35)37-16-24-20-11-5-3-9-18(20)19-10-4-6-12-21(19)24/h3-14,17,24,26-27,32-33H,15-16H2,1-2H3,(H,31,35)/t17-,26-,27-/m0/s1. The van der Waals surface area contributed by atoms with Crippen molar-refractivity contribution in [1.82, 2.24) is 15.6 Å². The molecule has 3 N–H and O–H groups in total. The molecule has 1 aliphatic carbocycles. The number of rotatable bonds is 5. The van der Waals surface area contributed by atoms with Gasteiger partial charge >= 0.3 is 12.1 Å². The number of hydrogen-bond donors (Lipinski definition) is 3. The second-order valence-corrected chi connectivity index (χ2v) is 9.75. The number of aromatic nitrogens is 1. The molecule has 0 fully saturated rings. The van der Waals surface area contributed by atoms with Crippen LogP contribution < -0.4 is 10.6 Å². The molecule has 3 aromatic carbocycles. The summed E-state index contributed by atoms with van der Waals surface area (Å²) in [6.07, 6.45) is 0.0224. The molecule has 3 atom stereocenters. The average molecular weight is 496 g/mol. The van der Waals surface area contributed by atoms with Crippen LogP contribution in [0.3, 0.4) is 0 Å². The second-order valence-electron chi connectivity index (χ2n) is 9.75. The number of H-pyrrole nitrogens is 1. The summed E-state index contributed by atoms with van der Waals surface area (Å²) in [6, 6.07) is 23.4. The fourth-order valence-corrected chi connectivity index (χ4v) is 5.87. The molecule has 37 heavy (non-hydrogen) atoms. The predicted octanol–water partition coefficient (Wildman–Crippen LogP) is 4.82. The van der Waals surface area contributed by atoms with Gasteiger partial charge in [-0.25, -0.2) is 4.79 Å². The van der Waals surface area contributed by atoms with Gasteiger partial charge in [0, 0.05) is 28.9 Å². The first-order valence-corrected chi connectivity index (χ1v) is 12.6. The Bertz CT molecular complexity index is 1450. The molecule has 1 aliphatic heterocycles. The third-order valence-corrected chi connectivity index (χ3v) is 7.62. The lowest BCUT2D eigenvalue weighted by Gasteiger charge is -2.33. The Kier molecular flexibility index (Phi) is 5.93. The number of nitrogens with one attached hydrogen (secondary N) is 3. The molecule has 4 aromatic rings. The molecule has 188 valence electrons. The molecule has 0 unspecified atom stereocenters. The van der Waals surface area contributed by atoms with Gasteiger partial charge in [0.25, 0.3) is 0 Å². The van der Waals surface area contributed by atoms with E-state index in [1.54, 1.807) is 0 Å². The summed E-state index contributed by atoms with van der Waals surface area (Å²) in [4.78, 5) is 28.9. The molecule has 0 bridgehead atoms. The lowest BCUT2D eigenvalue weighted by molar-refractivity contribution is -0.143. The zero-order valence-corrected chi connectivity index (χ0v) is 20.8. The zero-order valence-electron chi connectivity index (χ0n) is 20.8. The number of carbonyl (C=O) groups excluding carboxylic acids is 2. The van der Waals surface area contributed by atoms with Crippen molar-refractivity contribution in [3.8, 4) is 11.1 Å². The molecule has 7 nitrogen and oxygen atoms in total. The van der Waals surface area contributed by atoms with Gasteiger partial charge in [0.2, 0.25) is 0 Å². The second kappa shape index (κ2) is 9.41. The van der Waals surface area contributed by atoms with Gasteiger partial charge in [-0.15, -0.1) is 0 Å². The largest absolute Gasteiger partial charge is 0.468 e. The lowest BCUT2D eigenvalue weighted by atomic mass is 9.91. The van der Waals surface area contributed by atoms with Gasteiger partial charge in [-0.2, -0.15) is 0 Å². The van der Waals surface area contributed by atoms with E-state index in [9.17, 15) is 9.59 Å². The highest BCUT2D eigenvalue weighted by Gasteiger charge is 2.37. The molecule has 1 amide bonds. The molecule has 2 heterocycles. The number of methoxy groups -OCH3 is 1. The summed E-state index contributed by atoms with van der Waals surface area (Å²) < 4.78 is 10.8. The van der Waals surface area contributed by atoms with Crippen LogP contribution in [0.15, 0.2) is 72.8 Å². The van der Waals surface area contributed by atoms with Crippen LogP contribution in [0, 0.1) is 0 Å². The monoisotopic (exact) mass is 495 g/mol. The van der Waals surface area contributed by atoms with Gasteiger partial charge in [0.1, 0.15) is 12.6 Å². The minimum Gasteiger partial charge on any atom is -0.468 e. The Morgan fingerprint density at radius 3 is 2.32 bits per heavy atom. The maximum atomic E-state index is 13.0. The molecule has 6 rings (SSSR count). The Morgan fingerprint density at radius 1 is 0.973 bits per heavy atom. The van der Waals surface area contributed by atoms with Crippen molar-refractivity contribution >= 4 is 23.0 Å². The maximum Gasteiger partial charge on any atom is 0.407 e. The number of amides is 1. The smallest absolute Gasteiger partial charge is 0.407 e. The van der Waals surface area contributed by atoms with E-state index in [0.717, 1.165) is 22.2 Å². The van der Waals surface area contributed by atoms with Gasteiger partial charge in [-0.3, -0.25) is 10.1 Å². The minimum absolute atomic E-state index is 0.00900. The topological polar surface area (TPSA) is 92.5 Å². The van der Waals surface area contributed by atoms with Gasteiger partial charge in [-0.05, 0) is 40.8 Å². The van der Waals surface area contributed by atoms with Crippen molar-refractivity contribution in [3.05, 3.63) is 95.2 Å². The number of fused-ring (bicyclic) bond motifs is 6. The van der Waals surface area contributed by atoms with Crippen LogP contribution in [0.1, 0.15) is 41.3 Å². The predicted molar refractivity (Wildman–Crippen MR) is 141 cm³/mol. The van der Waals surface area contributed by atoms with Crippen LogP contribution in [0.4, 0.5) is 4.79 Å². The van der Waals surface area contributed by atoms with E-state index in [1.165, 1.54) is 29.4 Å². The van der Waals surface area contributed by atoms with E-state index in [2.05, 4.69) is 39.9 Å². The highest BCUT2D eigenvalue weighted by atomic mass is 16.5. The normalized spacial score (nSPS) is 19.0. The van der Waals surface area contributed by atoms with Crippen LogP contribution in [0.25, 0.3) is 22.0 Å². The Labute approximate surface area is 215 Å². The van der Waals surface area contributed by atoms with Gasteiger partial charge in [0.05, 0.1) is 19.2 Å². The summed E-state index contributed by atoms with van der Waals surface area (Å²) in [5.74, 6) is -0.334. The van der Waals surface area contributed by atoms with Crippen molar-refractivity contribution in [2.45, 2.75) is 37.4 Å². The number of aromatic amines is 1. The number of benzene rings is 3. The Morgan fingerprint density at radius 2 is 1.62 bits per heavy atom. The molecule has 0 spiro atoms. The number of carbonyl (C=O) groups is 2. The van der Waals surface area contributed by atoms with Crippen molar-refractivity contribution < 1.29 is 19.1 Å². The van der Waals surface area contributed by atoms with E-state index in [-0.39, 0.29) is 30.6 Å². The van der Waals surface area contributed by atoms with Crippen LogP contribution in [-0.2, 0) is 20.7 Å². The van der Waals surface area contributed by atoms with E-state index < -0.39 is 12.1 Å². The number of hydrogen-bond acceptors (Lipinski definition) is 5. The van der Waals surface area contributed by atoms with Crippen molar-refractivity contribution in [3.63, 3.8) is 0 Å². The van der Waals surface area contributed by atoms with E-state index in [4.69, 9.17) is 9.47 Å². The van der Waals surface area contributed by atoms with E-state index in [1.807, 2.05) is 55.5 Å². The molecular weight excluding hydrogens is 466 g/mol. The van der Waals surface area contributed by atoms with Crippen LogP contribution in [0.5, 0.6) is 0 Å². The van der Waals surface area contributed by atoms with E-state index >= 15 is 0 Å². The molecule has 2 aliphatic rings. The van der Waals surface area contributed by atoms with Gasteiger partial charge in [-0.1, -0.05) is 66.7 Å². The number of esters is 1. The van der Waals surface area contributed by atoms with Crippen molar-refractivity contribution in [1.29, 1.82) is 0 Å². The van der Waals surface area contributed by atoms with E-state index in [0.29, 0.717) is 6.42 Å². The molecule has 0 saturated carbocycles. The quantitative estimate of drug-likeness (QED) is 0.345. The minimum atomic E-state index is -0.506. The number of ether oxygens (including phenoxy) is 2. The summed E-state index contributed by atoms with van der Waals surface area (Å²) in [7, 11) is 1.39. The first-order chi connectivity index (χ1) is 18.0. The third-order valence-electron chi connectivity index (χ3n) is 7.62. The van der Waals surface area contributed by atoms with Gasteiger partial charge < -0.3 is 19.8 Å². The SMILES string of the molecule is COC(=O)[C@@H]1Cc2c([nH]c3ccccc23)[C@H]([C@H](C)NC(=O)OCC2c3ccccc3-c3ccccc32)N1.